The van der Waals surface area contributed by atoms with Crippen LogP contribution in [0.15, 0.2) is 41.0 Å². The second-order valence-corrected chi connectivity index (χ2v) is 6.33. The minimum Gasteiger partial charge on any atom is -0.464 e. The standard InChI is InChI=1S/C17H11Cl3O3/c1-9-4-16-12(7-13(9)19)10(8-22-16)5-17(21)23-15-3-2-11(18)6-14(15)20/h2-4,6-8H,5H2,1H3. The Morgan fingerprint density at radius 3 is 2.65 bits per heavy atom. The van der Waals surface area contributed by atoms with Crippen molar-refractivity contribution in [3.63, 3.8) is 0 Å². The van der Waals surface area contributed by atoms with Crippen molar-refractivity contribution in [3.05, 3.63) is 62.8 Å². The third-order valence-electron chi connectivity index (χ3n) is 3.39. The minimum absolute atomic E-state index is 0.0470. The zero-order chi connectivity index (χ0) is 16.6. The number of hydrogen-bond acceptors (Lipinski definition) is 3. The number of benzene rings is 2. The Labute approximate surface area is 147 Å². The van der Waals surface area contributed by atoms with Gasteiger partial charge in [-0.05, 0) is 42.8 Å². The summed E-state index contributed by atoms with van der Waals surface area (Å²) in [4.78, 5) is 12.1. The van der Waals surface area contributed by atoms with Crippen LogP contribution >= 0.6 is 34.8 Å². The summed E-state index contributed by atoms with van der Waals surface area (Å²) in [5.41, 5.74) is 2.30. The summed E-state index contributed by atoms with van der Waals surface area (Å²) in [7, 11) is 0. The average Bonchev–Trinajstić information content (AvgIpc) is 2.85. The average molecular weight is 370 g/mol. The molecule has 0 atom stereocenters. The molecule has 0 aliphatic carbocycles. The first-order chi connectivity index (χ1) is 10.9. The van der Waals surface area contributed by atoms with E-state index in [0.717, 1.165) is 10.9 Å². The van der Waals surface area contributed by atoms with Crippen molar-refractivity contribution in [3.8, 4) is 5.75 Å². The molecule has 0 spiro atoms. The van der Waals surface area contributed by atoms with Crippen molar-refractivity contribution in [2.75, 3.05) is 0 Å². The molecule has 1 aromatic heterocycles. The van der Waals surface area contributed by atoms with Crippen LogP contribution in [-0.2, 0) is 11.2 Å². The lowest BCUT2D eigenvalue weighted by Gasteiger charge is -2.06. The lowest BCUT2D eigenvalue weighted by molar-refractivity contribution is -0.133. The quantitative estimate of drug-likeness (QED) is 0.429. The molecular formula is C17H11Cl3O3. The van der Waals surface area contributed by atoms with Crippen molar-refractivity contribution in [1.82, 2.24) is 0 Å². The van der Waals surface area contributed by atoms with Crippen LogP contribution in [-0.4, -0.2) is 5.97 Å². The summed E-state index contributed by atoms with van der Waals surface area (Å²) >= 11 is 17.9. The number of aryl methyl sites for hydroxylation is 1. The van der Waals surface area contributed by atoms with Gasteiger partial charge in [0.15, 0.2) is 0 Å². The van der Waals surface area contributed by atoms with Crippen LogP contribution < -0.4 is 4.74 Å². The van der Waals surface area contributed by atoms with Gasteiger partial charge in [-0.1, -0.05) is 34.8 Å². The van der Waals surface area contributed by atoms with E-state index < -0.39 is 5.97 Å². The molecule has 0 aliphatic rings. The lowest BCUT2D eigenvalue weighted by Crippen LogP contribution is -2.11. The Morgan fingerprint density at radius 1 is 1.13 bits per heavy atom. The van der Waals surface area contributed by atoms with Crippen LogP contribution in [0.25, 0.3) is 11.0 Å². The van der Waals surface area contributed by atoms with E-state index in [4.69, 9.17) is 44.0 Å². The van der Waals surface area contributed by atoms with Gasteiger partial charge < -0.3 is 9.15 Å². The van der Waals surface area contributed by atoms with Gasteiger partial charge in [0.25, 0.3) is 0 Å². The van der Waals surface area contributed by atoms with Gasteiger partial charge >= 0.3 is 5.97 Å². The number of halogens is 3. The molecule has 2 aromatic carbocycles. The molecule has 1 heterocycles. The Balaban J connectivity index is 1.81. The number of carbonyl (C=O) groups excluding carboxylic acids is 1. The monoisotopic (exact) mass is 368 g/mol. The summed E-state index contributed by atoms with van der Waals surface area (Å²) in [5.74, 6) is -0.184. The Morgan fingerprint density at radius 2 is 1.91 bits per heavy atom. The molecule has 0 saturated carbocycles. The largest absolute Gasteiger partial charge is 0.464 e. The predicted octanol–water partition coefficient (Wildman–Crippen LogP) is 5.85. The number of rotatable bonds is 3. The van der Waals surface area contributed by atoms with Gasteiger partial charge in [-0.2, -0.15) is 0 Å². The van der Waals surface area contributed by atoms with Crippen molar-refractivity contribution >= 4 is 51.7 Å². The molecule has 0 aliphatic heterocycles. The molecule has 0 N–H and O–H groups in total. The van der Waals surface area contributed by atoms with Crippen LogP contribution in [0, 0.1) is 6.92 Å². The molecule has 0 amide bonds. The second-order valence-electron chi connectivity index (χ2n) is 5.08. The van der Waals surface area contributed by atoms with E-state index in [1.165, 1.54) is 12.3 Å². The molecule has 0 bridgehead atoms. The Kier molecular flexibility index (Phi) is 4.53. The third-order valence-corrected chi connectivity index (χ3v) is 4.33. The summed E-state index contributed by atoms with van der Waals surface area (Å²) in [5, 5.41) is 2.16. The summed E-state index contributed by atoms with van der Waals surface area (Å²) in [6.45, 7) is 1.89. The first-order valence-electron chi connectivity index (χ1n) is 6.76. The third kappa shape index (κ3) is 3.47. The fourth-order valence-electron chi connectivity index (χ4n) is 2.21. The van der Waals surface area contributed by atoms with Gasteiger partial charge in [0.05, 0.1) is 17.7 Å². The minimum atomic E-state index is -0.450. The molecule has 0 fully saturated rings. The van der Waals surface area contributed by atoms with Crippen molar-refractivity contribution in [2.45, 2.75) is 13.3 Å². The zero-order valence-electron chi connectivity index (χ0n) is 12.0. The molecule has 3 nitrogen and oxygen atoms in total. The number of furan rings is 1. The van der Waals surface area contributed by atoms with Crippen LogP contribution in [0.1, 0.15) is 11.1 Å². The number of esters is 1. The van der Waals surface area contributed by atoms with Gasteiger partial charge in [0, 0.05) is 21.0 Å². The Hall–Kier alpha value is -1.68. The highest BCUT2D eigenvalue weighted by Gasteiger charge is 2.15. The van der Waals surface area contributed by atoms with E-state index in [-0.39, 0.29) is 17.2 Å². The highest BCUT2D eigenvalue weighted by atomic mass is 35.5. The molecular weight excluding hydrogens is 359 g/mol. The van der Waals surface area contributed by atoms with Gasteiger partial charge in [-0.25, -0.2) is 0 Å². The van der Waals surface area contributed by atoms with E-state index in [1.54, 1.807) is 18.2 Å². The maximum atomic E-state index is 12.1. The van der Waals surface area contributed by atoms with Crippen LogP contribution in [0.3, 0.4) is 0 Å². The van der Waals surface area contributed by atoms with Gasteiger partial charge in [0.1, 0.15) is 11.3 Å². The Bertz CT molecular complexity index is 899. The maximum absolute atomic E-state index is 12.1. The lowest BCUT2D eigenvalue weighted by atomic mass is 10.1. The van der Waals surface area contributed by atoms with E-state index in [9.17, 15) is 4.79 Å². The zero-order valence-corrected chi connectivity index (χ0v) is 14.3. The maximum Gasteiger partial charge on any atom is 0.315 e. The number of fused-ring (bicyclic) bond motifs is 1. The van der Waals surface area contributed by atoms with Gasteiger partial charge in [-0.15, -0.1) is 0 Å². The first kappa shape index (κ1) is 16.2. The smallest absolute Gasteiger partial charge is 0.315 e. The first-order valence-corrected chi connectivity index (χ1v) is 7.89. The molecule has 118 valence electrons. The number of carbonyl (C=O) groups is 1. The molecule has 0 saturated heterocycles. The van der Waals surface area contributed by atoms with Crippen molar-refractivity contribution in [2.24, 2.45) is 0 Å². The van der Waals surface area contributed by atoms with Gasteiger partial charge in [0.2, 0.25) is 0 Å². The van der Waals surface area contributed by atoms with Crippen LogP contribution in [0.5, 0.6) is 5.75 Å². The van der Waals surface area contributed by atoms with Gasteiger partial charge in [-0.3, -0.25) is 4.79 Å². The van der Waals surface area contributed by atoms with E-state index in [1.807, 2.05) is 13.0 Å². The number of ether oxygens (including phenoxy) is 1. The summed E-state index contributed by atoms with van der Waals surface area (Å²) in [6, 6.07) is 8.29. The van der Waals surface area contributed by atoms with E-state index >= 15 is 0 Å². The molecule has 0 radical (unpaired) electrons. The highest BCUT2D eigenvalue weighted by Crippen LogP contribution is 2.30. The fourth-order valence-corrected chi connectivity index (χ4v) is 2.82. The van der Waals surface area contributed by atoms with Crippen LogP contribution in [0.2, 0.25) is 15.1 Å². The van der Waals surface area contributed by atoms with E-state index in [0.29, 0.717) is 21.2 Å². The predicted molar refractivity (Wildman–Crippen MR) is 91.8 cm³/mol. The summed E-state index contributed by atoms with van der Waals surface area (Å²) < 4.78 is 10.7. The fraction of sp³-hybridized carbons (Fsp3) is 0.118. The molecule has 6 heteroatoms. The normalized spacial score (nSPS) is 11.0. The second kappa shape index (κ2) is 6.44. The molecule has 0 unspecified atom stereocenters. The van der Waals surface area contributed by atoms with Crippen LogP contribution in [0.4, 0.5) is 0 Å². The van der Waals surface area contributed by atoms with E-state index in [2.05, 4.69) is 0 Å². The molecule has 23 heavy (non-hydrogen) atoms. The number of hydrogen-bond donors (Lipinski definition) is 0. The molecule has 3 aromatic rings. The van der Waals surface area contributed by atoms with Crippen molar-refractivity contribution < 1.29 is 13.9 Å². The molecule has 3 rings (SSSR count). The van der Waals surface area contributed by atoms with Crippen molar-refractivity contribution in [1.29, 1.82) is 0 Å². The summed E-state index contributed by atoms with van der Waals surface area (Å²) in [6.07, 6.45) is 1.58. The topological polar surface area (TPSA) is 39.4 Å². The SMILES string of the molecule is Cc1cc2occ(CC(=O)Oc3ccc(Cl)cc3Cl)c2cc1Cl. The highest BCUT2D eigenvalue weighted by molar-refractivity contribution is 6.35.